The number of hydrogen-bond donors (Lipinski definition) is 2. The summed E-state index contributed by atoms with van der Waals surface area (Å²) in [6.45, 7) is 3.44. The van der Waals surface area contributed by atoms with Gasteiger partial charge in [0, 0.05) is 18.6 Å². The molecule has 0 atom stereocenters. The highest BCUT2D eigenvalue weighted by atomic mass is 14.9. The minimum absolute atomic E-state index is 1.17. The quantitative estimate of drug-likeness (QED) is 0.345. The zero-order valence-corrected chi connectivity index (χ0v) is 12.3. The Morgan fingerprint density at radius 2 is 1.30 bits per heavy atom. The van der Waals surface area contributed by atoms with Crippen LogP contribution in [0.3, 0.4) is 0 Å². The summed E-state index contributed by atoms with van der Waals surface area (Å²) in [5.41, 5.74) is 8.31. The van der Waals surface area contributed by atoms with Gasteiger partial charge in [0.05, 0.1) is 0 Å². The van der Waals surface area contributed by atoms with Crippen LogP contribution in [0.2, 0.25) is 0 Å². The van der Waals surface area contributed by atoms with Crippen LogP contribution in [0.25, 0.3) is 0 Å². The Morgan fingerprint density at radius 3 is 1.80 bits per heavy atom. The van der Waals surface area contributed by atoms with Crippen LogP contribution in [0, 0.1) is 22.9 Å². The molecular formula is C15H26N5+. The smallest absolute Gasteiger partial charge is 0.173 e. The van der Waals surface area contributed by atoms with Crippen molar-refractivity contribution in [1.29, 1.82) is 10.5 Å². The molecule has 0 aromatic carbocycles. The third-order valence-corrected chi connectivity index (χ3v) is 2.55. The van der Waals surface area contributed by atoms with Gasteiger partial charge in [-0.2, -0.15) is 10.5 Å². The molecule has 110 valence electrons. The maximum Gasteiger partial charge on any atom is 0.173 e. The van der Waals surface area contributed by atoms with Gasteiger partial charge in [-0.1, -0.05) is 38.7 Å². The first-order valence-electron chi connectivity index (χ1n) is 6.90. The number of nitrogens with zero attached hydrogens (tertiary/aromatic N) is 3. The lowest BCUT2D eigenvalue weighted by Gasteiger charge is -1.98. The van der Waals surface area contributed by atoms with Gasteiger partial charge in [-0.25, -0.2) is 4.57 Å². The molecule has 0 aliphatic heterocycles. The van der Waals surface area contributed by atoms with Crippen LogP contribution in [-0.4, -0.2) is 0 Å². The number of unbranched alkanes of at least 4 members (excludes halogenated alkanes) is 5. The van der Waals surface area contributed by atoms with Crippen molar-refractivity contribution in [3.05, 3.63) is 30.6 Å². The first-order chi connectivity index (χ1) is 9.76. The zero-order chi connectivity index (χ0) is 15.5. The van der Waals surface area contributed by atoms with Crippen molar-refractivity contribution >= 4 is 0 Å². The molecule has 20 heavy (non-hydrogen) atoms. The SMILES string of the molecule is CCCCCCCC[n+]1ccccc1.N#CN.N#CN. The summed E-state index contributed by atoms with van der Waals surface area (Å²) < 4.78 is 2.26. The van der Waals surface area contributed by atoms with Crippen LogP contribution in [0.5, 0.6) is 0 Å². The summed E-state index contributed by atoms with van der Waals surface area (Å²) in [6, 6.07) is 6.26. The first-order valence-corrected chi connectivity index (χ1v) is 6.90. The van der Waals surface area contributed by atoms with Crippen molar-refractivity contribution in [2.45, 2.75) is 52.0 Å². The average molecular weight is 276 g/mol. The molecule has 4 N–H and O–H groups in total. The molecule has 5 heteroatoms. The molecule has 5 nitrogen and oxygen atoms in total. The molecule has 1 rings (SSSR count). The van der Waals surface area contributed by atoms with Crippen molar-refractivity contribution in [1.82, 2.24) is 0 Å². The van der Waals surface area contributed by atoms with Crippen molar-refractivity contribution in [2.24, 2.45) is 11.5 Å². The maximum absolute atomic E-state index is 7.10. The Bertz CT molecular complexity index is 352. The van der Waals surface area contributed by atoms with Gasteiger partial charge in [0.2, 0.25) is 0 Å². The number of nitrogens with two attached hydrogens (primary N) is 2. The summed E-state index contributed by atoms with van der Waals surface area (Å²) in [5, 5.41) is 14.2. The third kappa shape index (κ3) is 18.1. The molecule has 1 heterocycles. The van der Waals surface area contributed by atoms with E-state index in [1.807, 2.05) is 0 Å². The monoisotopic (exact) mass is 276 g/mol. The largest absolute Gasteiger partial charge is 0.337 e. The number of aromatic nitrogens is 1. The standard InChI is InChI=1S/C13H22N.2CH2N2/c1-2-3-4-5-6-8-11-14-12-9-7-10-13-14;2*2-1-3/h7,9-10,12-13H,2-6,8,11H2,1H3;2*2H2/q+1;;. The molecule has 0 spiro atoms. The van der Waals surface area contributed by atoms with Gasteiger partial charge in [0.1, 0.15) is 6.54 Å². The Labute approximate surface area is 122 Å². The van der Waals surface area contributed by atoms with Crippen LogP contribution >= 0.6 is 0 Å². The molecule has 0 bridgehead atoms. The number of aryl methyl sites for hydroxylation is 1. The molecule has 1 aromatic rings. The summed E-state index contributed by atoms with van der Waals surface area (Å²) >= 11 is 0. The maximum atomic E-state index is 7.10. The van der Waals surface area contributed by atoms with E-state index in [9.17, 15) is 0 Å². The zero-order valence-electron chi connectivity index (χ0n) is 12.3. The second-order valence-electron chi connectivity index (χ2n) is 4.14. The average Bonchev–Trinajstić information content (AvgIpc) is 2.46. The van der Waals surface area contributed by atoms with E-state index in [-0.39, 0.29) is 0 Å². The molecule has 0 unspecified atom stereocenters. The summed E-state index contributed by atoms with van der Waals surface area (Å²) in [7, 11) is 0. The van der Waals surface area contributed by atoms with Gasteiger partial charge >= 0.3 is 0 Å². The molecule has 0 saturated heterocycles. The van der Waals surface area contributed by atoms with Crippen LogP contribution in [0.4, 0.5) is 0 Å². The lowest BCUT2D eigenvalue weighted by Crippen LogP contribution is -2.32. The molecule has 0 fully saturated rings. The Hall–Kier alpha value is -2.27. The van der Waals surface area contributed by atoms with E-state index in [1.54, 1.807) is 0 Å². The fraction of sp³-hybridized carbons (Fsp3) is 0.533. The minimum Gasteiger partial charge on any atom is -0.337 e. The lowest BCUT2D eigenvalue weighted by molar-refractivity contribution is -0.697. The van der Waals surface area contributed by atoms with Crippen molar-refractivity contribution in [3.8, 4) is 12.4 Å². The van der Waals surface area contributed by atoms with E-state index >= 15 is 0 Å². The second-order valence-corrected chi connectivity index (χ2v) is 4.14. The molecule has 0 amide bonds. The van der Waals surface area contributed by atoms with Crippen LogP contribution in [0.15, 0.2) is 30.6 Å². The normalized spacial score (nSPS) is 7.95. The van der Waals surface area contributed by atoms with Crippen molar-refractivity contribution < 1.29 is 4.57 Å². The van der Waals surface area contributed by atoms with Crippen molar-refractivity contribution in [2.75, 3.05) is 0 Å². The predicted molar refractivity (Wildman–Crippen MR) is 79.6 cm³/mol. The third-order valence-electron chi connectivity index (χ3n) is 2.55. The lowest BCUT2D eigenvalue weighted by atomic mass is 10.1. The second kappa shape index (κ2) is 19.1. The van der Waals surface area contributed by atoms with Gasteiger partial charge in [-0.15, -0.1) is 0 Å². The Morgan fingerprint density at radius 1 is 0.850 bits per heavy atom. The van der Waals surface area contributed by atoms with E-state index in [1.165, 1.54) is 57.5 Å². The highest BCUT2D eigenvalue weighted by Crippen LogP contribution is 2.04. The number of nitriles is 2. The van der Waals surface area contributed by atoms with Gasteiger partial charge in [-0.05, 0) is 6.42 Å². The predicted octanol–water partition coefficient (Wildman–Crippen LogP) is 2.19. The summed E-state index contributed by atoms with van der Waals surface area (Å²) in [4.78, 5) is 0. The highest BCUT2D eigenvalue weighted by molar-refractivity contribution is 4.83. The van der Waals surface area contributed by atoms with Crippen LogP contribution in [-0.2, 0) is 6.54 Å². The van der Waals surface area contributed by atoms with E-state index < -0.39 is 0 Å². The fourth-order valence-electron chi connectivity index (χ4n) is 1.66. The van der Waals surface area contributed by atoms with E-state index in [0.717, 1.165) is 0 Å². The van der Waals surface area contributed by atoms with Gasteiger partial charge in [0.15, 0.2) is 24.8 Å². The van der Waals surface area contributed by atoms with E-state index in [0.29, 0.717) is 0 Å². The number of rotatable bonds is 7. The highest BCUT2D eigenvalue weighted by Gasteiger charge is 1.96. The molecule has 0 aliphatic rings. The van der Waals surface area contributed by atoms with E-state index in [2.05, 4.69) is 53.6 Å². The van der Waals surface area contributed by atoms with E-state index in [4.69, 9.17) is 10.5 Å². The molecule has 0 saturated carbocycles. The molecule has 1 aromatic heterocycles. The first kappa shape index (κ1) is 20.1. The summed E-state index contributed by atoms with van der Waals surface area (Å²) in [5.74, 6) is 0. The molecule has 0 aliphatic carbocycles. The number of pyridine rings is 1. The van der Waals surface area contributed by atoms with Gasteiger partial charge < -0.3 is 11.5 Å². The van der Waals surface area contributed by atoms with Gasteiger partial charge in [0.25, 0.3) is 0 Å². The fourth-order valence-corrected chi connectivity index (χ4v) is 1.66. The number of hydrogen-bond acceptors (Lipinski definition) is 4. The van der Waals surface area contributed by atoms with Crippen LogP contribution < -0.4 is 16.0 Å². The Balaban J connectivity index is 0. The molecular weight excluding hydrogens is 250 g/mol. The Kier molecular flexibility index (Phi) is 19.1. The molecule has 0 radical (unpaired) electrons. The summed E-state index contributed by atoms with van der Waals surface area (Å²) in [6.07, 6.45) is 15.0. The van der Waals surface area contributed by atoms with Crippen LogP contribution in [0.1, 0.15) is 45.4 Å². The van der Waals surface area contributed by atoms with Crippen molar-refractivity contribution in [3.63, 3.8) is 0 Å². The topological polar surface area (TPSA) is 103 Å². The minimum atomic E-state index is 1.17. The van der Waals surface area contributed by atoms with Gasteiger partial charge in [-0.3, -0.25) is 0 Å².